The van der Waals surface area contributed by atoms with E-state index in [9.17, 15) is 9.59 Å². The zero-order chi connectivity index (χ0) is 19.0. The van der Waals surface area contributed by atoms with Crippen molar-refractivity contribution in [2.24, 2.45) is 5.92 Å². The lowest BCUT2D eigenvalue weighted by molar-refractivity contribution is -0.126. The summed E-state index contributed by atoms with van der Waals surface area (Å²) < 4.78 is 5.47. The summed E-state index contributed by atoms with van der Waals surface area (Å²) in [7, 11) is 0. The molecule has 6 nitrogen and oxygen atoms in total. The minimum absolute atomic E-state index is 0.0764. The quantitative estimate of drug-likeness (QED) is 0.748. The van der Waals surface area contributed by atoms with Crippen LogP contribution >= 0.6 is 11.6 Å². The van der Waals surface area contributed by atoms with Gasteiger partial charge in [0.25, 0.3) is 0 Å². The van der Waals surface area contributed by atoms with Crippen molar-refractivity contribution in [1.29, 1.82) is 0 Å². The number of benzene rings is 2. The molecule has 0 aliphatic carbocycles. The maximum absolute atomic E-state index is 12.5. The summed E-state index contributed by atoms with van der Waals surface area (Å²) in [4.78, 5) is 30.9. The van der Waals surface area contributed by atoms with Gasteiger partial charge in [-0.15, -0.1) is 0 Å². The van der Waals surface area contributed by atoms with Crippen LogP contribution in [0.1, 0.15) is 17.9 Å². The van der Waals surface area contributed by atoms with E-state index < -0.39 is 5.92 Å². The Hall–Kier alpha value is -2.86. The van der Waals surface area contributed by atoms with Crippen molar-refractivity contribution in [3.63, 3.8) is 0 Å². The molecule has 7 heteroatoms. The lowest BCUT2D eigenvalue weighted by Gasteiger charge is -2.16. The van der Waals surface area contributed by atoms with Crippen LogP contribution in [0.2, 0.25) is 5.02 Å². The summed E-state index contributed by atoms with van der Waals surface area (Å²) in [5, 5.41) is 3.49. The molecular weight excluding hydrogens is 366 g/mol. The minimum atomic E-state index is -0.394. The molecule has 3 aromatic rings. The predicted molar refractivity (Wildman–Crippen MR) is 103 cm³/mol. The van der Waals surface area contributed by atoms with Crippen molar-refractivity contribution in [3.8, 4) is 0 Å². The first-order valence-electron chi connectivity index (χ1n) is 8.70. The molecule has 1 saturated heterocycles. The van der Waals surface area contributed by atoms with Crippen molar-refractivity contribution in [3.05, 3.63) is 58.9 Å². The van der Waals surface area contributed by atoms with Gasteiger partial charge in [0.05, 0.1) is 5.92 Å². The second-order valence-corrected chi connectivity index (χ2v) is 7.01. The molecule has 2 heterocycles. The van der Waals surface area contributed by atoms with E-state index in [1.54, 1.807) is 24.0 Å². The number of amides is 2. The Morgan fingerprint density at radius 1 is 1.33 bits per heavy atom. The number of nitrogens with zero attached hydrogens (tertiary/aromatic N) is 2. The van der Waals surface area contributed by atoms with Gasteiger partial charge in [0.15, 0.2) is 11.5 Å². The van der Waals surface area contributed by atoms with Gasteiger partial charge in [0, 0.05) is 37.1 Å². The number of hydrogen-bond donors (Lipinski definition) is 1. The largest absolute Gasteiger partial charge is 0.441 e. The molecule has 2 aromatic carbocycles. The number of nitrogens with one attached hydrogen (secondary N) is 1. The van der Waals surface area contributed by atoms with Crippen LogP contribution < -0.4 is 10.2 Å². The standard InChI is InChI=1S/C20H18ClN3O3/c1-12-23-17-9-15(6-7-18(17)27-12)24-11-14(8-19(24)25)20(26)22-10-13-4-2-3-5-16(13)21/h2-7,9,14H,8,10-11H2,1H3,(H,22,26)/t14-/m1/s1. The maximum atomic E-state index is 12.5. The number of rotatable bonds is 4. The Kier molecular flexibility index (Phi) is 4.58. The van der Waals surface area contributed by atoms with Gasteiger partial charge in [-0.2, -0.15) is 0 Å². The van der Waals surface area contributed by atoms with Crippen LogP contribution in [0.15, 0.2) is 46.9 Å². The molecule has 2 amide bonds. The molecule has 1 aliphatic heterocycles. The number of fused-ring (bicyclic) bond motifs is 1. The van der Waals surface area contributed by atoms with E-state index in [0.717, 1.165) is 11.3 Å². The second-order valence-electron chi connectivity index (χ2n) is 6.60. The molecule has 4 rings (SSSR count). The molecule has 1 aliphatic rings. The minimum Gasteiger partial charge on any atom is -0.441 e. The van der Waals surface area contributed by atoms with Gasteiger partial charge in [-0.05, 0) is 29.8 Å². The zero-order valence-corrected chi connectivity index (χ0v) is 15.5. The summed E-state index contributed by atoms with van der Waals surface area (Å²) in [5.74, 6) is -0.0435. The summed E-state index contributed by atoms with van der Waals surface area (Å²) >= 11 is 6.12. The molecule has 138 valence electrons. The Morgan fingerprint density at radius 3 is 2.96 bits per heavy atom. The monoisotopic (exact) mass is 383 g/mol. The number of oxazole rings is 1. The number of carbonyl (C=O) groups is 2. The number of hydrogen-bond acceptors (Lipinski definition) is 4. The van der Waals surface area contributed by atoms with Gasteiger partial charge in [-0.25, -0.2) is 4.98 Å². The Labute approximate surface area is 161 Å². The molecule has 0 unspecified atom stereocenters. The van der Waals surface area contributed by atoms with Crippen LogP contribution in [-0.2, 0) is 16.1 Å². The zero-order valence-electron chi connectivity index (χ0n) is 14.7. The molecule has 0 radical (unpaired) electrons. The fraction of sp³-hybridized carbons (Fsp3) is 0.250. The van der Waals surface area contributed by atoms with Crippen molar-refractivity contribution >= 4 is 40.2 Å². The lowest BCUT2D eigenvalue weighted by Crippen LogP contribution is -2.32. The number of carbonyl (C=O) groups excluding carboxylic acids is 2. The fourth-order valence-electron chi connectivity index (χ4n) is 3.30. The van der Waals surface area contributed by atoms with E-state index in [2.05, 4.69) is 10.3 Å². The fourth-order valence-corrected chi connectivity index (χ4v) is 3.50. The molecule has 0 bridgehead atoms. The average molecular weight is 384 g/mol. The van der Waals surface area contributed by atoms with Crippen LogP contribution in [0.25, 0.3) is 11.1 Å². The van der Waals surface area contributed by atoms with Crippen molar-refractivity contribution in [1.82, 2.24) is 10.3 Å². The first-order valence-corrected chi connectivity index (χ1v) is 9.08. The highest BCUT2D eigenvalue weighted by Gasteiger charge is 2.35. The molecule has 1 aromatic heterocycles. The van der Waals surface area contributed by atoms with Gasteiger partial charge < -0.3 is 14.6 Å². The van der Waals surface area contributed by atoms with Crippen LogP contribution in [0, 0.1) is 12.8 Å². The Balaban J connectivity index is 1.44. The van der Waals surface area contributed by atoms with Gasteiger partial charge >= 0.3 is 0 Å². The Bertz CT molecular complexity index is 1030. The third kappa shape index (κ3) is 3.53. The van der Waals surface area contributed by atoms with Crippen LogP contribution in [-0.4, -0.2) is 23.3 Å². The van der Waals surface area contributed by atoms with E-state index in [0.29, 0.717) is 35.1 Å². The number of halogens is 1. The van der Waals surface area contributed by atoms with E-state index in [4.69, 9.17) is 16.0 Å². The second kappa shape index (κ2) is 7.04. The SMILES string of the molecule is Cc1nc2cc(N3C[C@H](C(=O)NCc4ccccc4Cl)CC3=O)ccc2o1. The van der Waals surface area contributed by atoms with Crippen LogP contribution in [0.5, 0.6) is 0 Å². The maximum Gasteiger partial charge on any atom is 0.227 e. The van der Waals surface area contributed by atoms with E-state index in [1.807, 2.05) is 30.3 Å². The van der Waals surface area contributed by atoms with E-state index in [-0.39, 0.29) is 18.2 Å². The van der Waals surface area contributed by atoms with Crippen molar-refractivity contribution < 1.29 is 14.0 Å². The third-order valence-electron chi connectivity index (χ3n) is 4.70. The highest BCUT2D eigenvalue weighted by molar-refractivity contribution is 6.31. The third-order valence-corrected chi connectivity index (χ3v) is 5.07. The number of anilines is 1. The first kappa shape index (κ1) is 17.5. The average Bonchev–Trinajstić information content (AvgIpc) is 3.21. The van der Waals surface area contributed by atoms with Gasteiger partial charge in [-0.3, -0.25) is 9.59 Å². The molecule has 1 fully saturated rings. The van der Waals surface area contributed by atoms with E-state index in [1.165, 1.54) is 0 Å². The van der Waals surface area contributed by atoms with Crippen molar-refractivity contribution in [2.75, 3.05) is 11.4 Å². The smallest absolute Gasteiger partial charge is 0.227 e. The Morgan fingerprint density at radius 2 is 2.15 bits per heavy atom. The topological polar surface area (TPSA) is 75.4 Å². The normalized spacial score (nSPS) is 16.9. The molecule has 27 heavy (non-hydrogen) atoms. The number of aryl methyl sites for hydroxylation is 1. The molecule has 0 spiro atoms. The van der Waals surface area contributed by atoms with Crippen LogP contribution in [0.3, 0.4) is 0 Å². The summed E-state index contributed by atoms with van der Waals surface area (Å²) in [6.07, 6.45) is 0.185. The number of aromatic nitrogens is 1. The van der Waals surface area contributed by atoms with Gasteiger partial charge in [0.1, 0.15) is 5.52 Å². The molecular formula is C20H18ClN3O3. The summed E-state index contributed by atoms with van der Waals surface area (Å²) in [5.41, 5.74) is 2.95. The molecule has 1 atom stereocenters. The summed E-state index contributed by atoms with van der Waals surface area (Å²) in [6, 6.07) is 12.8. The van der Waals surface area contributed by atoms with Crippen LogP contribution in [0.4, 0.5) is 5.69 Å². The lowest BCUT2D eigenvalue weighted by atomic mass is 10.1. The predicted octanol–water partition coefficient (Wildman–Crippen LogP) is 3.46. The van der Waals surface area contributed by atoms with E-state index >= 15 is 0 Å². The van der Waals surface area contributed by atoms with Crippen molar-refractivity contribution in [2.45, 2.75) is 19.9 Å². The highest BCUT2D eigenvalue weighted by Crippen LogP contribution is 2.28. The molecule has 0 saturated carbocycles. The van der Waals surface area contributed by atoms with Gasteiger partial charge in [-0.1, -0.05) is 29.8 Å². The molecule has 1 N–H and O–H groups in total. The summed E-state index contributed by atoms with van der Waals surface area (Å²) in [6.45, 7) is 2.46. The first-order chi connectivity index (χ1) is 13.0. The highest BCUT2D eigenvalue weighted by atomic mass is 35.5. The van der Waals surface area contributed by atoms with Gasteiger partial charge in [0.2, 0.25) is 11.8 Å².